The van der Waals surface area contributed by atoms with Crippen molar-refractivity contribution >= 4 is 34.7 Å². The number of carbonyl (C=O) groups is 2. The highest BCUT2D eigenvalue weighted by Crippen LogP contribution is 2.44. The molecule has 1 unspecified atom stereocenters. The van der Waals surface area contributed by atoms with Gasteiger partial charge in [-0.3, -0.25) is 14.5 Å². The first-order valence-corrected chi connectivity index (χ1v) is 10.3. The van der Waals surface area contributed by atoms with Gasteiger partial charge in [-0.1, -0.05) is 29.8 Å². The summed E-state index contributed by atoms with van der Waals surface area (Å²) in [5.41, 5.74) is 0.828. The summed E-state index contributed by atoms with van der Waals surface area (Å²) < 4.78 is 10.6. The first-order valence-electron chi connectivity index (χ1n) is 9.93. The number of hydrogen-bond donors (Lipinski definition) is 2. The van der Waals surface area contributed by atoms with Crippen LogP contribution >= 0.6 is 11.6 Å². The Kier molecular flexibility index (Phi) is 5.98. The number of anilines is 1. The van der Waals surface area contributed by atoms with E-state index in [2.05, 4.69) is 0 Å². The predicted molar refractivity (Wildman–Crippen MR) is 124 cm³/mol. The second kappa shape index (κ2) is 8.88. The Morgan fingerprint density at radius 1 is 0.970 bits per heavy atom. The summed E-state index contributed by atoms with van der Waals surface area (Å²) in [7, 11) is 2.91. The molecule has 1 saturated heterocycles. The van der Waals surface area contributed by atoms with Gasteiger partial charge in [-0.15, -0.1) is 0 Å². The lowest BCUT2D eigenvalue weighted by atomic mass is 9.94. The minimum Gasteiger partial charge on any atom is -0.508 e. The molecule has 1 atom stereocenters. The zero-order valence-corrected chi connectivity index (χ0v) is 18.5. The van der Waals surface area contributed by atoms with Crippen molar-refractivity contribution in [1.82, 2.24) is 0 Å². The van der Waals surface area contributed by atoms with E-state index in [0.717, 1.165) is 0 Å². The van der Waals surface area contributed by atoms with Gasteiger partial charge in [0, 0.05) is 16.8 Å². The van der Waals surface area contributed by atoms with Crippen LogP contribution in [-0.4, -0.2) is 36.1 Å². The number of hydrogen-bond acceptors (Lipinski definition) is 6. The predicted octanol–water partition coefficient (Wildman–Crippen LogP) is 4.69. The molecule has 1 heterocycles. The van der Waals surface area contributed by atoms with Gasteiger partial charge >= 0.3 is 0 Å². The SMILES string of the molecule is COc1cccc(N2C(=O)C(=O)/C(=C(/O)c3cc(Cl)ccc3OC)C2c2cccc(O)c2)c1. The lowest BCUT2D eigenvalue weighted by Gasteiger charge is -2.26. The molecular weight excluding hydrogens is 446 g/mol. The van der Waals surface area contributed by atoms with Crippen LogP contribution in [-0.2, 0) is 9.59 Å². The van der Waals surface area contributed by atoms with Gasteiger partial charge in [-0.2, -0.15) is 0 Å². The molecule has 0 spiro atoms. The molecule has 8 heteroatoms. The zero-order valence-electron chi connectivity index (χ0n) is 17.8. The van der Waals surface area contributed by atoms with Crippen LogP contribution in [0.3, 0.4) is 0 Å². The standard InChI is InChI=1S/C25H20ClNO6/c1-32-18-8-4-6-16(13-18)27-22(14-5-3-7-17(28)11-14)21(24(30)25(27)31)23(29)19-12-15(26)9-10-20(19)33-2/h3-13,22,28-29H,1-2H3/b23-21+. The number of ether oxygens (including phenoxy) is 2. The number of rotatable bonds is 5. The molecule has 4 rings (SSSR count). The number of carbonyl (C=O) groups excluding carboxylic acids is 2. The summed E-state index contributed by atoms with van der Waals surface area (Å²) >= 11 is 6.12. The number of nitrogens with zero attached hydrogens (tertiary/aromatic N) is 1. The number of benzene rings is 3. The van der Waals surface area contributed by atoms with Gasteiger partial charge in [0.25, 0.3) is 11.7 Å². The largest absolute Gasteiger partial charge is 0.508 e. The van der Waals surface area contributed by atoms with Crippen molar-refractivity contribution in [2.45, 2.75) is 6.04 Å². The van der Waals surface area contributed by atoms with Crippen LogP contribution in [0.2, 0.25) is 5.02 Å². The average molecular weight is 466 g/mol. The molecule has 0 aromatic heterocycles. The number of methoxy groups -OCH3 is 2. The van der Waals surface area contributed by atoms with Gasteiger partial charge in [0.1, 0.15) is 23.0 Å². The van der Waals surface area contributed by atoms with Crippen LogP contribution in [0.25, 0.3) is 5.76 Å². The van der Waals surface area contributed by atoms with E-state index in [-0.39, 0.29) is 22.6 Å². The van der Waals surface area contributed by atoms with Crippen molar-refractivity contribution in [3.8, 4) is 17.2 Å². The molecule has 3 aromatic rings. The van der Waals surface area contributed by atoms with E-state index in [1.54, 1.807) is 48.5 Å². The maximum atomic E-state index is 13.2. The Bertz CT molecular complexity index is 1290. The van der Waals surface area contributed by atoms with Crippen molar-refractivity contribution in [3.05, 3.63) is 88.5 Å². The van der Waals surface area contributed by atoms with Crippen LogP contribution in [0.5, 0.6) is 17.2 Å². The normalized spacial score (nSPS) is 17.3. The van der Waals surface area contributed by atoms with Gasteiger partial charge in [0.2, 0.25) is 0 Å². The Morgan fingerprint density at radius 3 is 2.42 bits per heavy atom. The highest BCUT2D eigenvalue weighted by Gasteiger charge is 2.47. The maximum absolute atomic E-state index is 13.2. The number of aliphatic hydroxyl groups is 1. The van der Waals surface area contributed by atoms with E-state index in [9.17, 15) is 19.8 Å². The fourth-order valence-corrected chi connectivity index (χ4v) is 4.05. The van der Waals surface area contributed by atoms with E-state index in [0.29, 0.717) is 22.0 Å². The first kappa shape index (κ1) is 22.2. The molecule has 3 aromatic carbocycles. The third-order valence-corrected chi connectivity index (χ3v) is 5.61. The number of amides is 1. The molecule has 7 nitrogen and oxygen atoms in total. The monoisotopic (exact) mass is 465 g/mol. The van der Waals surface area contributed by atoms with E-state index >= 15 is 0 Å². The quantitative estimate of drug-likeness (QED) is 0.322. The van der Waals surface area contributed by atoms with E-state index in [1.807, 2.05) is 0 Å². The number of aromatic hydroxyl groups is 1. The van der Waals surface area contributed by atoms with Crippen LogP contribution < -0.4 is 14.4 Å². The molecular formula is C25H20ClNO6. The molecule has 33 heavy (non-hydrogen) atoms. The molecule has 0 aliphatic carbocycles. The Morgan fingerprint density at radius 2 is 1.73 bits per heavy atom. The summed E-state index contributed by atoms with van der Waals surface area (Å²) in [6.45, 7) is 0. The second-order valence-electron chi connectivity index (χ2n) is 7.31. The number of Topliss-reactive ketones (excluding diaryl/α,β-unsaturated/α-hetero) is 1. The van der Waals surface area contributed by atoms with E-state index in [4.69, 9.17) is 21.1 Å². The molecule has 0 saturated carbocycles. The lowest BCUT2D eigenvalue weighted by molar-refractivity contribution is -0.132. The molecule has 1 aliphatic rings. The summed E-state index contributed by atoms with van der Waals surface area (Å²) in [5.74, 6) is -1.44. The van der Waals surface area contributed by atoms with E-state index in [1.165, 1.54) is 37.3 Å². The van der Waals surface area contributed by atoms with Gasteiger partial charge in [-0.05, 0) is 48.0 Å². The summed E-state index contributed by atoms with van der Waals surface area (Å²) in [5, 5.41) is 21.7. The highest BCUT2D eigenvalue weighted by atomic mass is 35.5. The van der Waals surface area contributed by atoms with Crippen LogP contribution in [0, 0.1) is 0 Å². The number of phenolic OH excluding ortho intramolecular Hbond substituents is 1. The maximum Gasteiger partial charge on any atom is 0.300 e. The van der Waals surface area contributed by atoms with E-state index < -0.39 is 23.5 Å². The van der Waals surface area contributed by atoms with Crippen molar-refractivity contribution in [2.75, 3.05) is 19.1 Å². The topological polar surface area (TPSA) is 96.3 Å². The molecule has 1 fully saturated rings. The fourth-order valence-electron chi connectivity index (χ4n) is 3.88. The van der Waals surface area contributed by atoms with Crippen LogP contribution in [0.1, 0.15) is 17.2 Å². The Labute approximate surface area is 195 Å². The summed E-state index contributed by atoms with van der Waals surface area (Å²) in [6.07, 6.45) is 0. The molecule has 1 amide bonds. The fraction of sp³-hybridized carbons (Fsp3) is 0.120. The minimum absolute atomic E-state index is 0.0518. The van der Waals surface area contributed by atoms with Crippen molar-refractivity contribution in [1.29, 1.82) is 0 Å². The van der Waals surface area contributed by atoms with Gasteiger partial charge in [0.15, 0.2) is 0 Å². The van der Waals surface area contributed by atoms with Gasteiger partial charge in [-0.25, -0.2) is 0 Å². The van der Waals surface area contributed by atoms with Crippen LogP contribution in [0.15, 0.2) is 72.3 Å². The number of halogens is 1. The average Bonchev–Trinajstić information content (AvgIpc) is 3.09. The molecule has 1 aliphatic heterocycles. The third kappa shape index (κ3) is 3.99. The number of ketones is 1. The zero-order chi connectivity index (χ0) is 23.7. The second-order valence-corrected chi connectivity index (χ2v) is 7.75. The minimum atomic E-state index is -1.02. The molecule has 0 bridgehead atoms. The number of aliphatic hydroxyl groups excluding tert-OH is 1. The Hall–Kier alpha value is -3.97. The van der Waals surface area contributed by atoms with Gasteiger partial charge in [0.05, 0.1) is 31.4 Å². The van der Waals surface area contributed by atoms with Crippen LogP contribution in [0.4, 0.5) is 5.69 Å². The lowest BCUT2D eigenvalue weighted by Crippen LogP contribution is -2.29. The Balaban J connectivity index is 2.00. The molecule has 0 radical (unpaired) electrons. The molecule has 2 N–H and O–H groups in total. The summed E-state index contributed by atoms with van der Waals surface area (Å²) in [6, 6.07) is 16.4. The third-order valence-electron chi connectivity index (χ3n) is 5.38. The van der Waals surface area contributed by atoms with Crippen molar-refractivity contribution in [2.24, 2.45) is 0 Å². The smallest absolute Gasteiger partial charge is 0.300 e. The van der Waals surface area contributed by atoms with Gasteiger partial charge < -0.3 is 19.7 Å². The highest BCUT2D eigenvalue weighted by molar-refractivity contribution is 6.51. The van der Waals surface area contributed by atoms with Crippen molar-refractivity contribution < 1.29 is 29.3 Å². The molecule has 168 valence electrons. The summed E-state index contributed by atoms with van der Waals surface area (Å²) in [4.78, 5) is 27.7. The number of phenols is 1. The van der Waals surface area contributed by atoms with Crippen molar-refractivity contribution in [3.63, 3.8) is 0 Å². The first-order chi connectivity index (χ1) is 15.8.